The van der Waals surface area contributed by atoms with Crippen LogP contribution in [0.2, 0.25) is 0 Å². The van der Waals surface area contributed by atoms with Crippen molar-refractivity contribution in [3.05, 3.63) is 36.9 Å². The van der Waals surface area contributed by atoms with Gasteiger partial charge in [0.25, 0.3) is 0 Å². The number of anilines is 1. The fourth-order valence-electron chi connectivity index (χ4n) is 2.96. The van der Waals surface area contributed by atoms with Gasteiger partial charge in [-0.15, -0.1) is 0 Å². The van der Waals surface area contributed by atoms with Crippen molar-refractivity contribution < 1.29 is 9.53 Å². The summed E-state index contributed by atoms with van der Waals surface area (Å²) in [7, 11) is 2.13. The second-order valence-electron chi connectivity index (χ2n) is 6.76. The smallest absolute Gasteiger partial charge is 0.319 e. The van der Waals surface area contributed by atoms with Crippen LogP contribution in [-0.2, 0) is 6.54 Å². The third-order valence-electron chi connectivity index (χ3n) is 4.39. The van der Waals surface area contributed by atoms with E-state index in [0.717, 1.165) is 37.4 Å². The molecule has 0 saturated carbocycles. The first-order valence-electron chi connectivity index (χ1n) is 8.93. The molecule has 0 aliphatic carbocycles. The van der Waals surface area contributed by atoms with Gasteiger partial charge in [0, 0.05) is 24.8 Å². The Bertz CT molecular complexity index is 680. The number of ether oxygens (including phenoxy) is 1. The number of hydrogen-bond donors (Lipinski definition) is 2. The Labute approximate surface area is 153 Å². The summed E-state index contributed by atoms with van der Waals surface area (Å²) in [5.74, 6) is 0.838. The lowest BCUT2D eigenvalue weighted by molar-refractivity contribution is 0.114. The van der Waals surface area contributed by atoms with Gasteiger partial charge in [0.2, 0.25) is 0 Å². The molecule has 0 bridgehead atoms. The number of aromatic nitrogens is 3. The van der Waals surface area contributed by atoms with Gasteiger partial charge < -0.3 is 20.3 Å². The average Bonchev–Trinajstić information content (AvgIpc) is 3.11. The molecule has 2 amide bonds. The van der Waals surface area contributed by atoms with Crippen LogP contribution in [0, 0.1) is 0 Å². The van der Waals surface area contributed by atoms with Crippen LogP contribution in [0.25, 0.3) is 0 Å². The van der Waals surface area contributed by atoms with E-state index in [1.54, 1.807) is 11.0 Å². The molecule has 1 atom stereocenters. The summed E-state index contributed by atoms with van der Waals surface area (Å²) < 4.78 is 7.70. The maximum atomic E-state index is 12.1. The summed E-state index contributed by atoms with van der Waals surface area (Å²) in [6.45, 7) is 4.62. The topological polar surface area (TPSA) is 84.3 Å². The molecule has 2 N–H and O–H groups in total. The lowest BCUT2D eigenvalue weighted by Gasteiger charge is -2.29. The third-order valence-corrected chi connectivity index (χ3v) is 4.39. The number of rotatable bonds is 6. The van der Waals surface area contributed by atoms with E-state index in [2.05, 4.69) is 32.7 Å². The number of carbonyl (C=O) groups excluding carboxylic acids is 1. The number of nitrogens with zero attached hydrogens (tertiary/aromatic N) is 4. The Morgan fingerprint density at radius 2 is 2.04 bits per heavy atom. The highest BCUT2D eigenvalue weighted by atomic mass is 16.5. The molecule has 8 nitrogen and oxygen atoms in total. The number of carbonyl (C=O) groups is 1. The molecule has 1 saturated heterocycles. The van der Waals surface area contributed by atoms with Crippen LogP contribution in [0.1, 0.15) is 19.8 Å². The van der Waals surface area contributed by atoms with E-state index in [9.17, 15) is 4.79 Å². The molecule has 1 aromatic heterocycles. The van der Waals surface area contributed by atoms with Crippen molar-refractivity contribution in [2.45, 2.75) is 38.5 Å². The van der Waals surface area contributed by atoms with E-state index in [4.69, 9.17) is 4.74 Å². The first-order valence-corrected chi connectivity index (χ1v) is 8.93. The predicted molar refractivity (Wildman–Crippen MR) is 99.2 cm³/mol. The summed E-state index contributed by atoms with van der Waals surface area (Å²) in [6.07, 6.45) is 5.46. The van der Waals surface area contributed by atoms with Crippen LogP contribution in [0.15, 0.2) is 36.9 Å². The summed E-state index contributed by atoms with van der Waals surface area (Å²) in [6, 6.07) is 7.18. The minimum atomic E-state index is -0.249. The lowest BCUT2D eigenvalue weighted by atomic mass is 10.1. The molecule has 1 aromatic carbocycles. The molecule has 26 heavy (non-hydrogen) atoms. The van der Waals surface area contributed by atoms with E-state index < -0.39 is 0 Å². The van der Waals surface area contributed by atoms with Gasteiger partial charge in [-0.3, -0.25) is 4.68 Å². The van der Waals surface area contributed by atoms with Gasteiger partial charge in [0.1, 0.15) is 24.5 Å². The number of likely N-dealkylation sites (tertiary alicyclic amines) is 1. The van der Waals surface area contributed by atoms with E-state index in [1.165, 1.54) is 6.33 Å². The Morgan fingerprint density at radius 3 is 2.69 bits per heavy atom. The molecule has 1 aliphatic rings. The minimum absolute atomic E-state index is 0.0660. The Balaban J connectivity index is 1.43. The number of piperidine rings is 1. The van der Waals surface area contributed by atoms with Crippen molar-refractivity contribution in [2.24, 2.45) is 0 Å². The quantitative estimate of drug-likeness (QED) is 0.825. The highest BCUT2D eigenvalue weighted by Gasteiger charge is 2.18. The van der Waals surface area contributed by atoms with Crippen LogP contribution in [0.3, 0.4) is 0 Å². The van der Waals surface area contributed by atoms with Crippen LogP contribution in [0.4, 0.5) is 10.5 Å². The standard InChI is InChI=1S/C18H26N6O2/c1-14(11-24-13-19-12-20-24)21-18(25)22-15-3-5-16(6-4-15)26-17-7-9-23(2)10-8-17/h3-6,12-14,17H,7-11H2,1-2H3,(H2,21,22,25). The van der Waals surface area contributed by atoms with Crippen molar-refractivity contribution in [1.82, 2.24) is 25.0 Å². The van der Waals surface area contributed by atoms with E-state index in [-0.39, 0.29) is 18.2 Å². The van der Waals surface area contributed by atoms with Gasteiger partial charge in [0.05, 0.1) is 6.54 Å². The van der Waals surface area contributed by atoms with Gasteiger partial charge in [-0.2, -0.15) is 5.10 Å². The molecule has 1 fully saturated rings. The van der Waals surface area contributed by atoms with Crippen LogP contribution in [0.5, 0.6) is 5.75 Å². The zero-order chi connectivity index (χ0) is 18.4. The molecule has 3 rings (SSSR count). The van der Waals surface area contributed by atoms with Gasteiger partial charge in [-0.05, 0) is 51.1 Å². The van der Waals surface area contributed by atoms with Gasteiger partial charge in [-0.25, -0.2) is 9.78 Å². The fraction of sp³-hybridized carbons (Fsp3) is 0.500. The Kier molecular flexibility index (Phi) is 6.06. The molecule has 8 heteroatoms. The summed E-state index contributed by atoms with van der Waals surface area (Å²) in [4.78, 5) is 18.3. The molecular formula is C18H26N6O2. The average molecular weight is 358 g/mol. The number of hydrogen-bond acceptors (Lipinski definition) is 5. The number of benzene rings is 1. The van der Waals surface area contributed by atoms with E-state index >= 15 is 0 Å². The highest BCUT2D eigenvalue weighted by molar-refractivity contribution is 5.89. The van der Waals surface area contributed by atoms with Crippen molar-refractivity contribution in [3.63, 3.8) is 0 Å². The van der Waals surface area contributed by atoms with Crippen molar-refractivity contribution in [3.8, 4) is 5.75 Å². The molecule has 2 aromatic rings. The number of nitrogens with one attached hydrogen (secondary N) is 2. The fourth-order valence-corrected chi connectivity index (χ4v) is 2.96. The monoisotopic (exact) mass is 358 g/mol. The minimum Gasteiger partial charge on any atom is -0.490 e. The zero-order valence-corrected chi connectivity index (χ0v) is 15.3. The number of amides is 2. The molecule has 140 valence electrons. The zero-order valence-electron chi connectivity index (χ0n) is 15.3. The summed E-state index contributed by atoms with van der Waals surface area (Å²) in [5, 5.41) is 9.73. The van der Waals surface area contributed by atoms with E-state index in [0.29, 0.717) is 6.54 Å². The van der Waals surface area contributed by atoms with Gasteiger partial charge in [0.15, 0.2) is 0 Å². The second kappa shape index (κ2) is 8.66. The van der Waals surface area contributed by atoms with Crippen molar-refractivity contribution in [1.29, 1.82) is 0 Å². The first-order chi connectivity index (χ1) is 12.6. The summed E-state index contributed by atoms with van der Waals surface area (Å²) >= 11 is 0. The van der Waals surface area contributed by atoms with Crippen molar-refractivity contribution >= 4 is 11.7 Å². The number of urea groups is 1. The van der Waals surface area contributed by atoms with Crippen LogP contribution >= 0.6 is 0 Å². The Morgan fingerprint density at radius 1 is 1.31 bits per heavy atom. The normalized spacial score (nSPS) is 16.8. The lowest BCUT2D eigenvalue weighted by Crippen LogP contribution is -2.38. The van der Waals surface area contributed by atoms with Crippen LogP contribution in [-0.4, -0.2) is 58.0 Å². The maximum Gasteiger partial charge on any atom is 0.319 e. The second-order valence-corrected chi connectivity index (χ2v) is 6.76. The maximum absolute atomic E-state index is 12.1. The predicted octanol–water partition coefficient (Wildman–Crippen LogP) is 1.96. The largest absolute Gasteiger partial charge is 0.490 e. The van der Waals surface area contributed by atoms with E-state index in [1.807, 2.05) is 31.2 Å². The molecule has 1 aliphatic heterocycles. The van der Waals surface area contributed by atoms with Crippen LogP contribution < -0.4 is 15.4 Å². The molecule has 0 radical (unpaired) electrons. The van der Waals surface area contributed by atoms with Crippen molar-refractivity contribution in [2.75, 3.05) is 25.5 Å². The molecule has 0 spiro atoms. The molecule has 1 unspecified atom stereocenters. The van der Waals surface area contributed by atoms with Gasteiger partial charge >= 0.3 is 6.03 Å². The molecular weight excluding hydrogens is 332 g/mol. The van der Waals surface area contributed by atoms with Gasteiger partial charge in [-0.1, -0.05) is 0 Å². The Hall–Kier alpha value is -2.61. The first kappa shape index (κ1) is 18.2. The molecule has 2 heterocycles. The third kappa shape index (κ3) is 5.45. The summed E-state index contributed by atoms with van der Waals surface area (Å²) in [5.41, 5.74) is 0.728. The highest BCUT2D eigenvalue weighted by Crippen LogP contribution is 2.20. The SMILES string of the molecule is CC(Cn1cncn1)NC(=O)Nc1ccc(OC2CCN(C)CC2)cc1.